The van der Waals surface area contributed by atoms with Crippen LogP contribution in [0.2, 0.25) is 5.02 Å². The van der Waals surface area contributed by atoms with E-state index in [-0.39, 0.29) is 5.56 Å². The Hall–Kier alpha value is -1.20. The number of rotatable bonds is 3. The first kappa shape index (κ1) is 15.2. The average Bonchev–Trinajstić information content (AvgIpc) is 2.39. The van der Waals surface area contributed by atoms with Crippen molar-refractivity contribution in [2.45, 2.75) is 12.2 Å². The lowest BCUT2D eigenvalue weighted by Crippen LogP contribution is -2.27. The second kappa shape index (κ2) is 6.06. The Balaban J connectivity index is 2.31. The molecule has 0 aliphatic carbocycles. The summed E-state index contributed by atoms with van der Waals surface area (Å²) in [5.74, 6) is 0. The highest BCUT2D eigenvalue weighted by atomic mass is 79.9. The summed E-state index contributed by atoms with van der Waals surface area (Å²) in [6, 6.07) is 10.5. The largest absolute Gasteiger partial charge is 0.412 e. The molecule has 0 saturated heterocycles. The third kappa shape index (κ3) is 3.67. The predicted octanol–water partition coefficient (Wildman–Crippen LogP) is 5.82. The van der Waals surface area contributed by atoms with Gasteiger partial charge in [0, 0.05) is 10.2 Å². The smallest absolute Gasteiger partial charge is 0.370 e. The fourth-order valence-electron chi connectivity index (χ4n) is 1.75. The molecule has 0 fully saturated rings. The molecule has 0 aromatic heterocycles. The van der Waals surface area contributed by atoms with E-state index in [0.717, 1.165) is 0 Å². The topological polar surface area (TPSA) is 12.0 Å². The molecule has 0 amide bonds. The summed E-state index contributed by atoms with van der Waals surface area (Å²) in [5.41, 5.74) is 0.499. The van der Waals surface area contributed by atoms with Gasteiger partial charge in [0.15, 0.2) is 0 Å². The molecule has 1 nitrogen and oxygen atoms in total. The second-order valence-corrected chi connectivity index (χ2v) is 5.42. The van der Waals surface area contributed by atoms with Crippen molar-refractivity contribution in [2.24, 2.45) is 0 Å². The molecule has 0 aliphatic heterocycles. The van der Waals surface area contributed by atoms with Crippen LogP contribution in [0.4, 0.5) is 18.9 Å². The maximum absolute atomic E-state index is 13.2. The van der Waals surface area contributed by atoms with E-state index in [1.807, 2.05) is 0 Å². The van der Waals surface area contributed by atoms with E-state index in [4.69, 9.17) is 11.6 Å². The Bertz CT molecular complexity index is 587. The van der Waals surface area contributed by atoms with Gasteiger partial charge in [-0.15, -0.1) is 0 Å². The minimum Gasteiger partial charge on any atom is -0.370 e. The van der Waals surface area contributed by atoms with Crippen molar-refractivity contribution in [2.75, 3.05) is 5.32 Å². The Morgan fingerprint density at radius 1 is 1.05 bits per heavy atom. The first-order valence-electron chi connectivity index (χ1n) is 5.71. The van der Waals surface area contributed by atoms with Crippen LogP contribution >= 0.6 is 27.5 Å². The zero-order chi connectivity index (χ0) is 14.8. The quantitative estimate of drug-likeness (QED) is 0.724. The van der Waals surface area contributed by atoms with Gasteiger partial charge in [0.25, 0.3) is 0 Å². The zero-order valence-corrected chi connectivity index (χ0v) is 12.4. The number of benzene rings is 2. The maximum Gasteiger partial charge on any atom is 0.412 e. The number of hydrogen-bond acceptors (Lipinski definition) is 1. The molecule has 20 heavy (non-hydrogen) atoms. The number of halogens is 5. The number of anilines is 1. The van der Waals surface area contributed by atoms with Gasteiger partial charge >= 0.3 is 6.18 Å². The van der Waals surface area contributed by atoms with Gasteiger partial charge in [-0.1, -0.05) is 41.9 Å². The van der Waals surface area contributed by atoms with Crippen molar-refractivity contribution in [1.29, 1.82) is 0 Å². The van der Waals surface area contributed by atoms with Crippen LogP contribution in [0.5, 0.6) is 0 Å². The van der Waals surface area contributed by atoms with E-state index in [0.29, 0.717) is 15.2 Å². The number of alkyl halides is 3. The average molecular weight is 365 g/mol. The summed E-state index contributed by atoms with van der Waals surface area (Å²) >= 11 is 9.02. The molecular weight excluding hydrogens is 355 g/mol. The zero-order valence-electron chi connectivity index (χ0n) is 10.1. The molecule has 0 radical (unpaired) electrons. The van der Waals surface area contributed by atoms with Crippen molar-refractivity contribution in [3.05, 3.63) is 63.6 Å². The molecular formula is C14H10BrClF3N. The van der Waals surface area contributed by atoms with Crippen LogP contribution in [0.3, 0.4) is 0 Å². The first-order valence-corrected chi connectivity index (χ1v) is 6.88. The number of hydrogen-bond donors (Lipinski definition) is 1. The lowest BCUT2D eigenvalue weighted by atomic mass is 10.1. The van der Waals surface area contributed by atoms with Gasteiger partial charge in [-0.3, -0.25) is 0 Å². The van der Waals surface area contributed by atoms with Crippen LogP contribution in [0.15, 0.2) is 53.0 Å². The lowest BCUT2D eigenvalue weighted by molar-refractivity contribution is -0.144. The molecule has 0 aliphatic rings. The van der Waals surface area contributed by atoms with Gasteiger partial charge in [-0.2, -0.15) is 13.2 Å². The van der Waals surface area contributed by atoms with Crippen molar-refractivity contribution in [3.8, 4) is 0 Å². The van der Waals surface area contributed by atoms with Crippen LogP contribution in [0.25, 0.3) is 0 Å². The minimum atomic E-state index is -4.40. The van der Waals surface area contributed by atoms with Crippen molar-refractivity contribution in [3.63, 3.8) is 0 Å². The Kier molecular flexibility index (Phi) is 4.60. The fourth-order valence-corrected chi connectivity index (χ4v) is 2.25. The van der Waals surface area contributed by atoms with Gasteiger partial charge < -0.3 is 5.32 Å². The van der Waals surface area contributed by atoms with E-state index in [1.165, 1.54) is 30.3 Å². The second-order valence-electron chi connectivity index (χ2n) is 4.16. The summed E-state index contributed by atoms with van der Waals surface area (Å²) in [6.07, 6.45) is -4.40. The third-order valence-electron chi connectivity index (χ3n) is 2.69. The summed E-state index contributed by atoms with van der Waals surface area (Å²) in [6.45, 7) is 0. The van der Waals surface area contributed by atoms with Gasteiger partial charge in [-0.25, -0.2) is 0 Å². The van der Waals surface area contributed by atoms with E-state index < -0.39 is 12.2 Å². The first-order chi connectivity index (χ1) is 9.38. The van der Waals surface area contributed by atoms with Crippen molar-refractivity contribution >= 4 is 33.2 Å². The molecule has 6 heteroatoms. The van der Waals surface area contributed by atoms with Crippen LogP contribution in [-0.2, 0) is 0 Å². The van der Waals surface area contributed by atoms with Gasteiger partial charge in [0.2, 0.25) is 0 Å². The molecule has 0 saturated carbocycles. The molecule has 1 unspecified atom stereocenters. The Morgan fingerprint density at radius 3 is 2.25 bits per heavy atom. The monoisotopic (exact) mass is 363 g/mol. The molecule has 1 N–H and O–H groups in total. The van der Waals surface area contributed by atoms with E-state index in [2.05, 4.69) is 21.2 Å². The molecule has 0 spiro atoms. The van der Waals surface area contributed by atoms with E-state index in [9.17, 15) is 13.2 Å². The summed E-state index contributed by atoms with van der Waals surface area (Å²) in [5, 5.41) is 2.93. The highest BCUT2D eigenvalue weighted by Crippen LogP contribution is 2.36. The number of nitrogens with one attached hydrogen (secondary N) is 1. The highest BCUT2D eigenvalue weighted by Gasteiger charge is 2.40. The van der Waals surface area contributed by atoms with Crippen LogP contribution in [-0.4, -0.2) is 6.18 Å². The molecule has 0 heterocycles. The summed E-state index contributed by atoms with van der Waals surface area (Å²) < 4.78 is 40.1. The van der Waals surface area contributed by atoms with E-state index in [1.54, 1.807) is 18.2 Å². The Morgan fingerprint density at radius 2 is 1.70 bits per heavy atom. The van der Waals surface area contributed by atoms with Gasteiger partial charge in [0.1, 0.15) is 6.04 Å². The summed E-state index contributed by atoms with van der Waals surface area (Å²) in [7, 11) is 0. The fraction of sp³-hybridized carbons (Fsp3) is 0.143. The van der Waals surface area contributed by atoms with Crippen LogP contribution in [0.1, 0.15) is 11.6 Å². The normalized spacial score (nSPS) is 13.1. The van der Waals surface area contributed by atoms with Crippen LogP contribution < -0.4 is 5.32 Å². The predicted molar refractivity (Wildman–Crippen MR) is 78.0 cm³/mol. The minimum absolute atomic E-state index is 0.158. The standard InChI is InChI=1S/C14H10BrClF3N/c15-11-8-10(6-7-12(11)16)20-13(14(17,18)19)9-4-2-1-3-5-9/h1-8,13,20H. The van der Waals surface area contributed by atoms with Crippen molar-refractivity contribution in [1.82, 2.24) is 0 Å². The molecule has 2 aromatic rings. The molecule has 1 atom stereocenters. The molecule has 2 aromatic carbocycles. The van der Waals surface area contributed by atoms with Gasteiger partial charge in [-0.05, 0) is 39.7 Å². The lowest BCUT2D eigenvalue weighted by Gasteiger charge is -2.23. The van der Waals surface area contributed by atoms with Gasteiger partial charge in [0.05, 0.1) is 5.02 Å². The maximum atomic E-state index is 13.2. The molecule has 106 valence electrons. The van der Waals surface area contributed by atoms with Crippen molar-refractivity contribution < 1.29 is 13.2 Å². The third-order valence-corrected chi connectivity index (χ3v) is 3.90. The Labute approximate surface area is 127 Å². The SMILES string of the molecule is FC(F)(F)C(Nc1ccc(Cl)c(Br)c1)c1ccccc1. The summed E-state index contributed by atoms with van der Waals surface area (Å²) in [4.78, 5) is 0. The van der Waals surface area contributed by atoms with Crippen LogP contribution in [0, 0.1) is 0 Å². The molecule has 0 bridgehead atoms. The molecule has 2 rings (SSSR count). The van der Waals surface area contributed by atoms with E-state index >= 15 is 0 Å². The highest BCUT2D eigenvalue weighted by molar-refractivity contribution is 9.10.